The lowest BCUT2D eigenvalue weighted by atomic mass is 9.86. The number of amides is 1. The van der Waals surface area contributed by atoms with Crippen molar-refractivity contribution >= 4 is 5.91 Å². The van der Waals surface area contributed by atoms with Crippen LogP contribution in [0.15, 0.2) is 30.3 Å². The monoisotopic (exact) mass is 259 g/mol. The third-order valence-corrected chi connectivity index (χ3v) is 4.48. The molecule has 19 heavy (non-hydrogen) atoms. The van der Waals surface area contributed by atoms with Crippen molar-refractivity contribution < 1.29 is 9.53 Å². The van der Waals surface area contributed by atoms with Crippen molar-refractivity contribution in [3.8, 4) is 0 Å². The molecule has 2 aliphatic heterocycles. The first-order chi connectivity index (χ1) is 9.22. The molecule has 0 bridgehead atoms. The third-order valence-electron chi connectivity index (χ3n) is 4.48. The summed E-state index contributed by atoms with van der Waals surface area (Å²) < 4.78 is 5.95. The summed E-state index contributed by atoms with van der Waals surface area (Å²) in [4.78, 5) is 14.5. The van der Waals surface area contributed by atoms with Crippen molar-refractivity contribution in [2.75, 3.05) is 6.61 Å². The summed E-state index contributed by atoms with van der Waals surface area (Å²) in [6, 6.07) is 10.3. The van der Waals surface area contributed by atoms with Gasteiger partial charge in [-0.15, -0.1) is 0 Å². The molecule has 2 heterocycles. The van der Waals surface area contributed by atoms with Gasteiger partial charge in [-0.05, 0) is 18.4 Å². The van der Waals surface area contributed by atoms with E-state index < -0.39 is 0 Å². The zero-order valence-electron chi connectivity index (χ0n) is 11.6. The van der Waals surface area contributed by atoms with Crippen LogP contribution >= 0.6 is 0 Å². The molecule has 1 aromatic carbocycles. The second-order valence-corrected chi connectivity index (χ2v) is 5.70. The molecule has 1 amide bonds. The van der Waals surface area contributed by atoms with Crippen LogP contribution in [0, 0.1) is 11.8 Å². The minimum Gasteiger partial charge on any atom is -0.355 e. The molecule has 0 N–H and O–H groups in total. The Morgan fingerprint density at radius 2 is 2.05 bits per heavy atom. The molecule has 0 saturated carbocycles. The summed E-state index contributed by atoms with van der Waals surface area (Å²) in [7, 11) is 0. The van der Waals surface area contributed by atoms with Crippen LogP contribution in [0.25, 0.3) is 0 Å². The van der Waals surface area contributed by atoms with Gasteiger partial charge in [0.2, 0.25) is 5.91 Å². The zero-order valence-corrected chi connectivity index (χ0v) is 11.6. The molecule has 2 saturated heterocycles. The lowest BCUT2D eigenvalue weighted by molar-refractivity contribution is -0.153. The molecule has 0 aliphatic carbocycles. The number of benzene rings is 1. The maximum atomic E-state index is 12.5. The van der Waals surface area contributed by atoms with Gasteiger partial charge in [-0.3, -0.25) is 4.79 Å². The van der Waals surface area contributed by atoms with E-state index >= 15 is 0 Å². The average molecular weight is 259 g/mol. The number of ether oxygens (including phenoxy) is 1. The van der Waals surface area contributed by atoms with Gasteiger partial charge >= 0.3 is 0 Å². The first kappa shape index (κ1) is 12.7. The van der Waals surface area contributed by atoms with E-state index in [1.807, 2.05) is 30.0 Å². The van der Waals surface area contributed by atoms with Crippen molar-refractivity contribution in [2.45, 2.75) is 39.0 Å². The van der Waals surface area contributed by atoms with E-state index in [1.54, 1.807) is 0 Å². The fourth-order valence-corrected chi connectivity index (χ4v) is 3.40. The predicted molar refractivity (Wildman–Crippen MR) is 73.3 cm³/mol. The highest BCUT2D eigenvalue weighted by Gasteiger charge is 2.47. The van der Waals surface area contributed by atoms with E-state index in [4.69, 9.17) is 4.74 Å². The molecule has 3 nitrogen and oxygen atoms in total. The fraction of sp³-hybridized carbons (Fsp3) is 0.562. The number of hydrogen-bond donors (Lipinski definition) is 0. The van der Waals surface area contributed by atoms with E-state index in [2.05, 4.69) is 19.1 Å². The standard InChI is InChI=1S/C16H21NO2/c1-3-12-9-11(2)15(18)17-14(10-19-16(12)17)13-7-5-4-6-8-13/h4-8,11-12,14,16H,3,9-10H2,1-2H3/t11-,12+,14-,16-/m0/s1. The number of fused-ring (bicyclic) bond motifs is 1. The van der Waals surface area contributed by atoms with Gasteiger partial charge in [0.25, 0.3) is 0 Å². The SMILES string of the molecule is CC[C@@H]1C[C@H](C)C(=O)N2[C@H](c3ccccc3)CO[C@@H]12. The van der Waals surface area contributed by atoms with Gasteiger partial charge in [0.15, 0.2) is 0 Å². The number of piperidine rings is 1. The van der Waals surface area contributed by atoms with Crippen LogP contribution in [-0.4, -0.2) is 23.6 Å². The van der Waals surface area contributed by atoms with Crippen LogP contribution in [0.3, 0.4) is 0 Å². The number of carbonyl (C=O) groups excluding carboxylic acids is 1. The normalized spacial score (nSPS) is 34.4. The van der Waals surface area contributed by atoms with Crippen LogP contribution in [0.5, 0.6) is 0 Å². The molecule has 1 aromatic rings. The highest BCUT2D eigenvalue weighted by atomic mass is 16.5. The molecular formula is C16H21NO2. The van der Waals surface area contributed by atoms with Crippen molar-refractivity contribution in [1.82, 2.24) is 4.90 Å². The van der Waals surface area contributed by atoms with Gasteiger partial charge in [-0.1, -0.05) is 44.2 Å². The Hall–Kier alpha value is -1.35. The first-order valence-electron chi connectivity index (χ1n) is 7.21. The highest BCUT2D eigenvalue weighted by Crippen LogP contribution is 2.41. The topological polar surface area (TPSA) is 29.5 Å². The van der Waals surface area contributed by atoms with Crippen molar-refractivity contribution in [2.24, 2.45) is 11.8 Å². The second kappa shape index (κ2) is 4.97. The van der Waals surface area contributed by atoms with Crippen LogP contribution in [0.4, 0.5) is 0 Å². The van der Waals surface area contributed by atoms with Crippen LogP contribution < -0.4 is 0 Å². The molecule has 4 atom stereocenters. The molecule has 2 aliphatic rings. The highest BCUT2D eigenvalue weighted by molar-refractivity contribution is 5.80. The number of carbonyl (C=O) groups is 1. The Morgan fingerprint density at radius 1 is 1.32 bits per heavy atom. The molecule has 2 fully saturated rings. The third kappa shape index (κ3) is 2.06. The largest absolute Gasteiger partial charge is 0.355 e. The van der Waals surface area contributed by atoms with E-state index in [9.17, 15) is 4.79 Å². The Balaban J connectivity index is 1.91. The predicted octanol–water partition coefficient (Wildman–Crippen LogP) is 2.98. The lowest BCUT2D eigenvalue weighted by Gasteiger charge is -2.40. The second-order valence-electron chi connectivity index (χ2n) is 5.70. The summed E-state index contributed by atoms with van der Waals surface area (Å²) in [5.74, 6) is 0.844. The Kier molecular flexibility index (Phi) is 3.31. The van der Waals surface area contributed by atoms with E-state index in [0.717, 1.165) is 12.8 Å². The Labute approximate surface area is 114 Å². The molecule has 0 spiro atoms. The zero-order chi connectivity index (χ0) is 13.4. The molecular weight excluding hydrogens is 238 g/mol. The summed E-state index contributed by atoms with van der Waals surface area (Å²) in [6.07, 6.45) is 2.01. The molecule has 0 radical (unpaired) electrons. The first-order valence-corrected chi connectivity index (χ1v) is 7.21. The number of nitrogens with zero attached hydrogens (tertiary/aromatic N) is 1. The minimum absolute atomic E-state index is 0.0149. The molecule has 3 rings (SSSR count). The number of rotatable bonds is 2. The Bertz CT molecular complexity index is 459. The number of hydrogen-bond acceptors (Lipinski definition) is 2. The summed E-state index contributed by atoms with van der Waals surface area (Å²) in [6.45, 7) is 4.86. The van der Waals surface area contributed by atoms with Gasteiger partial charge < -0.3 is 9.64 Å². The maximum absolute atomic E-state index is 12.5. The smallest absolute Gasteiger partial charge is 0.228 e. The summed E-state index contributed by atoms with van der Waals surface area (Å²) >= 11 is 0. The lowest BCUT2D eigenvalue weighted by Crippen LogP contribution is -2.49. The van der Waals surface area contributed by atoms with Crippen molar-refractivity contribution in [3.63, 3.8) is 0 Å². The molecule has 3 heteroatoms. The summed E-state index contributed by atoms with van der Waals surface area (Å²) in [5.41, 5.74) is 1.18. The average Bonchev–Trinajstić information content (AvgIpc) is 2.89. The van der Waals surface area contributed by atoms with Crippen LogP contribution in [0.1, 0.15) is 38.3 Å². The maximum Gasteiger partial charge on any atom is 0.228 e. The van der Waals surface area contributed by atoms with Gasteiger partial charge in [-0.25, -0.2) is 0 Å². The van der Waals surface area contributed by atoms with Gasteiger partial charge in [0, 0.05) is 11.8 Å². The molecule has 0 aromatic heterocycles. The van der Waals surface area contributed by atoms with Crippen LogP contribution in [0.2, 0.25) is 0 Å². The molecule has 0 unspecified atom stereocenters. The fourth-order valence-electron chi connectivity index (χ4n) is 3.40. The van der Waals surface area contributed by atoms with Gasteiger partial charge in [0.05, 0.1) is 12.6 Å². The van der Waals surface area contributed by atoms with Crippen molar-refractivity contribution in [1.29, 1.82) is 0 Å². The van der Waals surface area contributed by atoms with Crippen LogP contribution in [-0.2, 0) is 9.53 Å². The van der Waals surface area contributed by atoms with Crippen molar-refractivity contribution in [3.05, 3.63) is 35.9 Å². The molecule has 102 valence electrons. The van der Waals surface area contributed by atoms with E-state index in [1.165, 1.54) is 5.56 Å². The van der Waals surface area contributed by atoms with Gasteiger partial charge in [-0.2, -0.15) is 0 Å². The van der Waals surface area contributed by atoms with E-state index in [0.29, 0.717) is 12.5 Å². The summed E-state index contributed by atoms with van der Waals surface area (Å²) in [5, 5.41) is 0. The quantitative estimate of drug-likeness (QED) is 0.817. The van der Waals surface area contributed by atoms with Gasteiger partial charge in [0.1, 0.15) is 6.23 Å². The Morgan fingerprint density at radius 3 is 2.74 bits per heavy atom. The van der Waals surface area contributed by atoms with E-state index in [-0.39, 0.29) is 24.1 Å². The minimum atomic E-state index is -0.0149.